The number of likely N-dealkylation sites (tertiary alicyclic amines) is 1. The van der Waals surface area contributed by atoms with Crippen molar-refractivity contribution in [3.05, 3.63) is 45.4 Å². The third kappa shape index (κ3) is 3.84. The van der Waals surface area contributed by atoms with Crippen LogP contribution in [0.15, 0.2) is 28.7 Å². The Balaban J connectivity index is 1.64. The minimum absolute atomic E-state index is 0.0183. The summed E-state index contributed by atoms with van der Waals surface area (Å²) in [6.45, 7) is 1.08. The molecular weight excluding hydrogens is 513 g/mol. The van der Waals surface area contributed by atoms with Crippen LogP contribution in [0.2, 0.25) is 0 Å². The van der Waals surface area contributed by atoms with Crippen molar-refractivity contribution < 1.29 is 43.9 Å². The van der Waals surface area contributed by atoms with Gasteiger partial charge in [-0.2, -0.15) is 0 Å². The van der Waals surface area contributed by atoms with Gasteiger partial charge in [0.1, 0.15) is 34.8 Å². The lowest BCUT2D eigenvalue weighted by Gasteiger charge is -2.50. The molecule has 5 rings (SSSR count). The van der Waals surface area contributed by atoms with Gasteiger partial charge in [-0.3, -0.25) is 24.2 Å². The lowest BCUT2D eigenvalue weighted by atomic mass is 9.58. The third-order valence-electron chi connectivity index (χ3n) is 8.56. The minimum Gasteiger partial charge on any atom is -0.510 e. The van der Waals surface area contributed by atoms with Crippen LogP contribution in [0.25, 0.3) is 0 Å². The number of primary amides is 1. The van der Waals surface area contributed by atoms with E-state index >= 15 is 0 Å². The molecule has 0 aromatic heterocycles. The van der Waals surface area contributed by atoms with E-state index in [1.165, 1.54) is 18.1 Å². The quantitative estimate of drug-likeness (QED) is 0.331. The van der Waals surface area contributed by atoms with Gasteiger partial charge in [0.05, 0.1) is 18.7 Å². The summed E-state index contributed by atoms with van der Waals surface area (Å²) in [5.41, 5.74) is 2.42. The number of ketones is 2. The van der Waals surface area contributed by atoms with Gasteiger partial charge >= 0.3 is 0 Å². The van der Waals surface area contributed by atoms with Gasteiger partial charge in [-0.1, -0.05) is 0 Å². The summed E-state index contributed by atoms with van der Waals surface area (Å²) in [6, 6.07) is 0.306. The van der Waals surface area contributed by atoms with Crippen LogP contribution in [0, 0.1) is 11.8 Å². The molecule has 4 aliphatic rings. The predicted octanol–water partition coefficient (Wildman–Crippen LogP) is 0.673. The van der Waals surface area contributed by atoms with E-state index in [0.717, 1.165) is 0 Å². The molecule has 0 radical (unpaired) electrons. The number of carbonyl (C=O) groups excluding carboxylic acids is 3. The minimum atomic E-state index is -2.69. The molecule has 1 aromatic carbocycles. The number of nitrogens with two attached hydrogens (primary N) is 1. The van der Waals surface area contributed by atoms with Gasteiger partial charge < -0.3 is 30.9 Å². The predicted molar refractivity (Wildman–Crippen MR) is 135 cm³/mol. The molecule has 210 valence electrons. The number of nitrogens with zero attached hydrogens (tertiary/aromatic N) is 2. The number of aromatic hydroxyl groups is 1. The number of amides is 1. The molecular formula is C27H32FN3O8. The Labute approximate surface area is 223 Å². The highest BCUT2D eigenvalue weighted by atomic mass is 19.1. The molecule has 1 heterocycles. The smallest absolute Gasteiger partial charge is 0.255 e. The summed E-state index contributed by atoms with van der Waals surface area (Å²) in [5.74, 6) is -6.72. The maximum atomic E-state index is 13.8. The second kappa shape index (κ2) is 9.32. The molecule has 1 aliphatic heterocycles. The van der Waals surface area contributed by atoms with Crippen LogP contribution < -0.4 is 10.5 Å². The monoisotopic (exact) mass is 545 g/mol. The first kappa shape index (κ1) is 27.1. The van der Waals surface area contributed by atoms with Crippen molar-refractivity contribution in [2.45, 2.75) is 43.6 Å². The van der Waals surface area contributed by atoms with Crippen molar-refractivity contribution in [1.82, 2.24) is 9.80 Å². The molecule has 0 spiro atoms. The number of carbonyl (C=O) groups is 3. The topological polar surface area (TPSA) is 174 Å². The molecule has 39 heavy (non-hydrogen) atoms. The Hall–Kier alpha value is -3.48. The molecule has 3 aliphatic carbocycles. The highest BCUT2D eigenvalue weighted by Crippen LogP contribution is 2.53. The molecule has 1 fully saturated rings. The van der Waals surface area contributed by atoms with E-state index in [2.05, 4.69) is 0 Å². The van der Waals surface area contributed by atoms with E-state index < -0.39 is 64.2 Å². The van der Waals surface area contributed by atoms with Crippen LogP contribution in [0.4, 0.5) is 4.39 Å². The second-order valence-corrected chi connectivity index (χ2v) is 11.0. The third-order valence-corrected chi connectivity index (χ3v) is 8.56. The Morgan fingerprint density at radius 3 is 2.54 bits per heavy atom. The highest BCUT2D eigenvalue weighted by molar-refractivity contribution is 6.24. The zero-order valence-corrected chi connectivity index (χ0v) is 21.9. The van der Waals surface area contributed by atoms with Gasteiger partial charge in [0.25, 0.3) is 5.91 Å². The normalized spacial score (nSPS) is 30.9. The lowest BCUT2D eigenvalue weighted by Crippen LogP contribution is -2.63. The number of likely N-dealkylation sites (N-methyl/N-ethyl adjacent to an activating group) is 1. The average molecular weight is 546 g/mol. The van der Waals surface area contributed by atoms with Gasteiger partial charge in [0.15, 0.2) is 11.4 Å². The zero-order chi connectivity index (χ0) is 28.5. The Morgan fingerprint density at radius 2 is 1.97 bits per heavy atom. The molecule has 6 N–H and O–H groups in total. The van der Waals surface area contributed by atoms with Crippen molar-refractivity contribution in [3.8, 4) is 11.5 Å². The van der Waals surface area contributed by atoms with E-state index in [4.69, 9.17) is 10.5 Å². The fourth-order valence-corrected chi connectivity index (χ4v) is 6.90. The standard InChI is InChI=1S/C27H32FN3O8/c1-30(2)20-15-7-11-6-14-18(16(32)8-12(23(14)39-3)9-31-5-4-13(28)10-31)21(33)17(11)24(35)27(15,38)25(36)19(22(20)34)26(29)37/h8,11,13,15,20,32,34-35,38H,4-7,9-10H2,1-3H3,(H2,29,37)/t11-,13+,15-,20-,27-/m0/s1. The summed E-state index contributed by atoms with van der Waals surface area (Å²) in [5, 5.41) is 44.8. The molecule has 0 saturated carbocycles. The maximum absolute atomic E-state index is 13.8. The Kier molecular flexibility index (Phi) is 6.47. The van der Waals surface area contributed by atoms with Gasteiger partial charge in [0, 0.05) is 42.3 Å². The number of allylic oxidation sites excluding steroid dienone is 1. The Morgan fingerprint density at radius 1 is 1.28 bits per heavy atom. The second-order valence-electron chi connectivity index (χ2n) is 11.0. The van der Waals surface area contributed by atoms with Crippen molar-refractivity contribution in [2.75, 3.05) is 34.3 Å². The van der Waals surface area contributed by atoms with Crippen molar-refractivity contribution in [2.24, 2.45) is 17.6 Å². The summed E-state index contributed by atoms with van der Waals surface area (Å²) >= 11 is 0. The van der Waals surface area contributed by atoms with Crippen LogP contribution in [0.1, 0.15) is 34.3 Å². The van der Waals surface area contributed by atoms with Crippen LogP contribution in [0.3, 0.4) is 0 Å². The van der Waals surface area contributed by atoms with Gasteiger partial charge in [-0.05, 0) is 45.3 Å². The first-order chi connectivity index (χ1) is 18.3. The number of aliphatic hydroxyl groups excluding tert-OH is 2. The first-order valence-corrected chi connectivity index (χ1v) is 12.8. The number of benzene rings is 1. The molecule has 1 amide bonds. The number of halogens is 1. The summed E-state index contributed by atoms with van der Waals surface area (Å²) in [7, 11) is 4.57. The average Bonchev–Trinajstić information content (AvgIpc) is 3.25. The number of phenolic OH excluding ortho intramolecular Hbond substituents is 1. The Bertz CT molecular complexity index is 1350. The number of hydrogen-bond donors (Lipinski definition) is 5. The molecule has 5 atom stereocenters. The molecule has 1 saturated heterocycles. The molecule has 0 bridgehead atoms. The summed E-state index contributed by atoms with van der Waals surface area (Å²) < 4.78 is 19.5. The van der Waals surface area contributed by atoms with E-state index in [0.29, 0.717) is 36.4 Å². The molecule has 1 aromatic rings. The zero-order valence-electron chi connectivity index (χ0n) is 21.9. The number of ether oxygens (including phenoxy) is 1. The van der Waals surface area contributed by atoms with Crippen LogP contribution in [0.5, 0.6) is 11.5 Å². The molecule has 12 heteroatoms. The fraction of sp³-hybridized carbons (Fsp3) is 0.519. The summed E-state index contributed by atoms with van der Waals surface area (Å²) in [4.78, 5) is 42.6. The van der Waals surface area contributed by atoms with Crippen molar-refractivity contribution in [1.29, 1.82) is 0 Å². The van der Waals surface area contributed by atoms with Crippen LogP contribution >= 0.6 is 0 Å². The number of alkyl halides is 1. The number of fused-ring (bicyclic) bond motifs is 3. The number of methoxy groups -OCH3 is 1. The molecule has 0 unspecified atom stereocenters. The largest absolute Gasteiger partial charge is 0.510 e. The van der Waals surface area contributed by atoms with E-state index in [9.17, 15) is 39.2 Å². The van der Waals surface area contributed by atoms with E-state index in [-0.39, 0.29) is 36.3 Å². The fourth-order valence-electron chi connectivity index (χ4n) is 6.90. The molecule has 11 nitrogen and oxygen atoms in total. The number of rotatable bonds is 5. The number of aliphatic hydroxyl groups is 3. The van der Waals surface area contributed by atoms with Gasteiger partial charge in [-0.15, -0.1) is 0 Å². The van der Waals surface area contributed by atoms with Crippen molar-refractivity contribution in [3.63, 3.8) is 0 Å². The lowest BCUT2D eigenvalue weighted by molar-refractivity contribution is -0.148. The SMILES string of the molecule is COc1c(CN2CC[C@@H](F)C2)cc(O)c2c1C[C@H]1C[C@H]3[C@H](N(C)C)C(O)=C(C(N)=O)C(=O)[C@@]3(O)C(O)=C1C2=O. The van der Waals surface area contributed by atoms with E-state index in [1.54, 1.807) is 14.1 Å². The maximum Gasteiger partial charge on any atom is 0.255 e. The van der Waals surface area contributed by atoms with Crippen LogP contribution in [-0.4, -0.2) is 99.8 Å². The number of Topliss-reactive ketones (excluding diaryl/α,β-unsaturated/α-hetero) is 2. The highest BCUT2D eigenvalue weighted by Gasteiger charge is 2.63. The van der Waals surface area contributed by atoms with E-state index in [1.807, 2.05) is 4.90 Å². The van der Waals surface area contributed by atoms with Gasteiger partial charge in [-0.25, -0.2) is 4.39 Å². The first-order valence-electron chi connectivity index (χ1n) is 12.8. The number of hydrogen-bond acceptors (Lipinski definition) is 10. The van der Waals surface area contributed by atoms with Crippen molar-refractivity contribution >= 4 is 17.5 Å². The van der Waals surface area contributed by atoms with Crippen LogP contribution in [-0.2, 0) is 22.6 Å². The number of phenols is 1. The van der Waals surface area contributed by atoms with Gasteiger partial charge in [0.2, 0.25) is 5.78 Å². The summed E-state index contributed by atoms with van der Waals surface area (Å²) in [6.07, 6.45) is -0.438.